The molecule has 0 aliphatic rings. The standard InChI is InChI=1S/C32H17NOS/c1-2-8-19-18(7-1)17-33-25-15-23-20-9-4-6-12-28(20)35-29(23)16-24(25)30-22(32(19)33)13-14-27-31(30)21-10-3-5-11-26(21)34-27/h1-17H. The van der Waals surface area contributed by atoms with Gasteiger partial charge in [0, 0.05) is 64.1 Å². The molecule has 0 bridgehead atoms. The first-order valence-corrected chi connectivity index (χ1v) is 12.7. The molecule has 4 heterocycles. The smallest absolute Gasteiger partial charge is 0.136 e. The van der Waals surface area contributed by atoms with E-state index in [1.54, 1.807) is 0 Å². The van der Waals surface area contributed by atoms with E-state index in [1.807, 2.05) is 17.4 Å². The van der Waals surface area contributed by atoms with Crippen LogP contribution in [0.1, 0.15) is 0 Å². The monoisotopic (exact) mass is 463 g/mol. The molecule has 9 rings (SSSR count). The molecular formula is C32H17NOS. The topological polar surface area (TPSA) is 17.6 Å². The van der Waals surface area contributed by atoms with Crippen LogP contribution in [-0.2, 0) is 0 Å². The molecule has 5 aromatic carbocycles. The Bertz CT molecular complexity index is 2330. The van der Waals surface area contributed by atoms with Crippen LogP contribution >= 0.6 is 11.3 Å². The molecule has 0 saturated carbocycles. The van der Waals surface area contributed by atoms with E-state index in [9.17, 15) is 0 Å². The molecule has 0 saturated heterocycles. The van der Waals surface area contributed by atoms with Crippen molar-refractivity contribution in [2.45, 2.75) is 0 Å². The van der Waals surface area contributed by atoms with Crippen molar-refractivity contribution in [1.29, 1.82) is 0 Å². The molecule has 0 fully saturated rings. The van der Waals surface area contributed by atoms with Crippen molar-refractivity contribution in [2.75, 3.05) is 0 Å². The summed E-state index contributed by atoms with van der Waals surface area (Å²) in [6.45, 7) is 0. The van der Waals surface area contributed by atoms with Crippen molar-refractivity contribution in [3.63, 3.8) is 0 Å². The number of fused-ring (bicyclic) bond motifs is 15. The second-order valence-corrected chi connectivity index (χ2v) is 10.4. The summed E-state index contributed by atoms with van der Waals surface area (Å²) in [4.78, 5) is 0. The summed E-state index contributed by atoms with van der Waals surface area (Å²) < 4.78 is 11.4. The fourth-order valence-electron chi connectivity index (χ4n) is 6.08. The Morgan fingerprint density at radius 1 is 0.543 bits per heavy atom. The summed E-state index contributed by atoms with van der Waals surface area (Å²) in [7, 11) is 0. The molecule has 0 aliphatic heterocycles. The second-order valence-electron chi connectivity index (χ2n) is 9.36. The Labute approximate surface area is 203 Å². The van der Waals surface area contributed by atoms with E-state index in [-0.39, 0.29) is 0 Å². The number of furan rings is 1. The Morgan fingerprint density at radius 2 is 1.34 bits per heavy atom. The number of rotatable bonds is 0. The van der Waals surface area contributed by atoms with Gasteiger partial charge in [0.2, 0.25) is 0 Å². The first-order chi connectivity index (χ1) is 17.3. The number of nitrogens with zero attached hydrogens (tertiary/aromatic N) is 1. The molecular weight excluding hydrogens is 446 g/mol. The predicted octanol–water partition coefficient (Wildman–Crippen LogP) is 9.67. The van der Waals surface area contributed by atoms with Crippen LogP contribution in [0, 0.1) is 0 Å². The van der Waals surface area contributed by atoms with Crippen molar-refractivity contribution in [2.24, 2.45) is 0 Å². The van der Waals surface area contributed by atoms with E-state index in [0.717, 1.165) is 11.2 Å². The number of benzene rings is 5. The van der Waals surface area contributed by atoms with Gasteiger partial charge in [0.1, 0.15) is 11.2 Å². The molecule has 0 radical (unpaired) electrons. The van der Waals surface area contributed by atoms with Gasteiger partial charge in [0.15, 0.2) is 0 Å². The van der Waals surface area contributed by atoms with Gasteiger partial charge < -0.3 is 8.82 Å². The highest BCUT2D eigenvalue weighted by Crippen LogP contribution is 2.44. The number of thiophene rings is 1. The van der Waals surface area contributed by atoms with Crippen molar-refractivity contribution in [3.05, 3.63) is 103 Å². The molecule has 0 atom stereocenters. The molecule has 0 N–H and O–H groups in total. The fraction of sp³-hybridized carbons (Fsp3) is 0. The molecule has 0 unspecified atom stereocenters. The van der Waals surface area contributed by atoms with Crippen LogP contribution in [0.2, 0.25) is 0 Å². The lowest BCUT2D eigenvalue weighted by molar-refractivity contribution is 0.669. The first-order valence-electron chi connectivity index (χ1n) is 11.9. The Hall–Kier alpha value is -4.34. The zero-order chi connectivity index (χ0) is 22.7. The average Bonchev–Trinajstić information content (AvgIpc) is 3.58. The van der Waals surface area contributed by atoms with Crippen LogP contribution in [0.25, 0.3) is 80.1 Å². The molecule has 3 heteroatoms. The van der Waals surface area contributed by atoms with Crippen LogP contribution in [0.4, 0.5) is 0 Å². The van der Waals surface area contributed by atoms with Gasteiger partial charge in [-0.15, -0.1) is 11.3 Å². The molecule has 0 aliphatic carbocycles. The summed E-state index contributed by atoms with van der Waals surface area (Å²) in [5.41, 5.74) is 4.37. The van der Waals surface area contributed by atoms with Gasteiger partial charge in [-0.05, 0) is 36.4 Å². The van der Waals surface area contributed by atoms with E-state index in [0.29, 0.717) is 0 Å². The number of hydrogen-bond donors (Lipinski definition) is 0. The van der Waals surface area contributed by atoms with Gasteiger partial charge in [-0.1, -0.05) is 60.7 Å². The van der Waals surface area contributed by atoms with Crippen molar-refractivity contribution in [1.82, 2.24) is 4.40 Å². The van der Waals surface area contributed by atoms with Crippen molar-refractivity contribution >= 4 is 91.4 Å². The van der Waals surface area contributed by atoms with E-state index in [1.165, 1.54) is 68.9 Å². The molecule has 4 aromatic heterocycles. The van der Waals surface area contributed by atoms with Gasteiger partial charge in [-0.2, -0.15) is 0 Å². The lowest BCUT2D eigenvalue weighted by atomic mass is 9.97. The molecule has 162 valence electrons. The first kappa shape index (κ1) is 18.0. The number of pyridine rings is 1. The van der Waals surface area contributed by atoms with E-state index in [4.69, 9.17) is 4.42 Å². The zero-order valence-corrected chi connectivity index (χ0v) is 19.4. The molecule has 0 spiro atoms. The molecule has 0 amide bonds. The van der Waals surface area contributed by atoms with Gasteiger partial charge >= 0.3 is 0 Å². The van der Waals surface area contributed by atoms with Gasteiger partial charge in [0.25, 0.3) is 0 Å². The maximum Gasteiger partial charge on any atom is 0.136 e. The highest BCUT2D eigenvalue weighted by Gasteiger charge is 2.19. The number of aromatic nitrogens is 1. The van der Waals surface area contributed by atoms with Gasteiger partial charge in [-0.3, -0.25) is 0 Å². The maximum atomic E-state index is 6.32. The van der Waals surface area contributed by atoms with E-state index >= 15 is 0 Å². The van der Waals surface area contributed by atoms with Gasteiger partial charge in [-0.25, -0.2) is 0 Å². The highest BCUT2D eigenvalue weighted by molar-refractivity contribution is 7.25. The number of para-hydroxylation sites is 1. The lowest BCUT2D eigenvalue weighted by Crippen LogP contribution is -1.90. The minimum Gasteiger partial charge on any atom is -0.456 e. The maximum absolute atomic E-state index is 6.32. The third-order valence-corrected chi connectivity index (χ3v) is 8.68. The SMILES string of the molecule is c1ccc2c(c1)cn1c3cc4c(cc3c3c(ccc5oc6ccccc6c53)c21)sc1ccccc14. The van der Waals surface area contributed by atoms with Crippen LogP contribution in [0.5, 0.6) is 0 Å². The van der Waals surface area contributed by atoms with E-state index in [2.05, 4.69) is 102 Å². The van der Waals surface area contributed by atoms with Crippen molar-refractivity contribution in [3.8, 4) is 0 Å². The quantitative estimate of drug-likeness (QED) is 0.205. The summed E-state index contributed by atoms with van der Waals surface area (Å²) >= 11 is 1.87. The third-order valence-electron chi connectivity index (χ3n) is 7.55. The van der Waals surface area contributed by atoms with E-state index < -0.39 is 0 Å². The van der Waals surface area contributed by atoms with Crippen molar-refractivity contribution < 1.29 is 4.42 Å². The summed E-state index contributed by atoms with van der Waals surface area (Å²) in [6, 6.07) is 35.1. The Morgan fingerprint density at radius 3 is 2.29 bits per heavy atom. The molecule has 2 nitrogen and oxygen atoms in total. The second kappa shape index (κ2) is 6.21. The summed E-state index contributed by atoms with van der Waals surface area (Å²) in [6.07, 6.45) is 2.30. The Kier molecular flexibility index (Phi) is 3.20. The van der Waals surface area contributed by atoms with Crippen LogP contribution in [0.15, 0.2) is 108 Å². The van der Waals surface area contributed by atoms with Crippen LogP contribution in [0.3, 0.4) is 0 Å². The molecule has 35 heavy (non-hydrogen) atoms. The summed E-state index contributed by atoms with van der Waals surface area (Å²) in [5, 5.41) is 11.4. The third kappa shape index (κ3) is 2.20. The van der Waals surface area contributed by atoms with Crippen LogP contribution < -0.4 is 0 Å². The Balaban J connectivity index is 1.66. The minimum absolute atomic E-state index is 0.936. The highest BCUT2D eigenvalue weighted by atomic mass is 32.1. The minimum atomic E-state index is 0.936. The molecule has 9 aromatic rings. The predicted molar refractivity (Wildman–Crippen MR) is 150 cm³/mol. The van der Waals surface area contributed by atoms with Gasteiger partial charge in [0.05, 0.1) is 11.0 Å². The normalized spacial score (nSPS) is 12.6. The lowest BCUT2D eigenvalue weighted by Gasteiger charge is -2.11. The number of hydrogen-bond acceptors (Lipinski definition) is 2. The van der Waals surface area contributed by atoms with Crippen LogP contribution in [-0.4, -0.2) is 4.40 Å². The summed E-state index contributed by atoms with van der Waals surface area (Å²) in [5.74, 6) is 0. The fourth-order valence-corrected chi connectivity index (χ4v) is 7.20. The zero-order valence-electron chi connectivity index (χ0n) is 18.6. The average molecular weight is 464 g/mol. The largest absolute Gasteiger partial charge is 0.456 e.